The third kappa shape index (κ3) is 6.78. The van der Waals surface area contributed by atoms with Crippen molar-refractivity contribution in [3.05, 3.63) is 83.6 Å². The van der Waals surface area contributed by atoms with Gasteiger partial charge in [0, 0.05) is 31.7 Å². The highest BCUT2D eigenvalue weighted by atomic mass is 16.5. The van der Waals surface area contributed by atoms with Crippen molar-refractivity contribution < 1.29 is 24.2 Å². The summed E-state index contributed by atoms with van der Waals surface area (Å²) in [7, 11) is 0. The monoisotopic (exact) mass is 544 g/mol. The summed E-state index contributed by atoms with van der Waals surface area (Å²) < 4.78 is 10.9. The fourth-order valence-corrected chi connectivity index (χ4v) is 5.37. The van der Waals surface area contributed by atoms with Crippen molar-refractivity contribution in [3.63, 3.8) is 0 Å². The van der Waals surface area contributed by atoms with Gasteiger partial charge in [0.05, 0.1) is 13.2 Å². The van der Waals surface area contributed by atoms with E-state index in [0.29, 0.717) is 19.4 Å². The van der Waals surface area contributed by atoms with Crippen LogP contribution in [-0.2, 0) is 20.8 Å². The second-order valence-corrected chi connectivity index (χ2v) is 10.2. The molecule has 1 unspecified atom stereocenters. The molecule has 9 nitrogen and oxygen atoms in total. The lowest BCUT2D eigenvalue weighted by molar-refractivity contribution is -0.139. The summed E-state index contributed by atoms with van der Waals surface area (Å²) in [6, 6.07) is 19.3. The fourth-order valence-electron chi connectivity index (χ4n) is 5.37. The topological polar surface area (TPSA) is 113 Å². The quantitative estimate of drug-likeness (QED) is 0.291. The zero-order chi connectivity index (χ0) is 27.7. The van der Waals surface area contributed by atoms with E-state index in [0.717, 1.165) is 72.9 Å². The highest BCUT2D eigenvalue weighted by Crippen LogP contribution is 2.44. The van der Waals surface area contributed by atoms with E-state index in [9.17, 15) is 14.7 Å². The third-order valence-electron chi connectivity index (χ3n) is 7.50. The van der Waals surface area contributed by atoms with Crippen LogP contribution in [0.3, 0.4) is 0 Å². The number of ether oxygens (including phenoxy) is 2. The number of aromatic nitrogens is 1. The lowest BCUT2D eigenvalue weighted by atomic mass is 9.98. The molecular weight excluding hydrogens is 508 g/mol. The molecule has 2 heterocycles. The average Bonchev–Trinajstić information content (AvgIpc) is 3.31. The maximum absolute atomic E-state index is 12.5. The van der Waals surface area contributed by atoms with Gasteiger partial charge in [-0.2, -0.15) is 0 Å². The minimum Gasteiger partial charge on any atom is -0.480 e. The summed E-state index contributed by atoms with van der Waals surface area (Å²) in [5.74, 6) is -0.165. The Morgan fingerprint density at radius 1 is 1.00 bits per heavy atom. The van der Waals surface area contributed by atoms with Crippen LogP contribution >= 0.6 is 0 Å². The van der Waals surface area contributed by atoms with Gasteiger partial charge in [0.2, 0.25) is 0 Å². The van der Waals surface area contributed by atoms with E-state index in [1.807, 2.05) is 48.7 Å². The Kier molecular flexibility index (Phi) is 9.26. The number of hydrogen-bond acceptors (Lipinski definition) is 7. The van der Waals surface area contributed by atoms with Gasteiger partial charge in [0.1, 0.15) is 18.5 Å². The molecule has 1 aliphatic heterocycles. The Bertz CT molecular complexity index is 1250. The molecule has 5 rings (SSSR count). The Morgan fingerprint density at radius 2 is 1.70 bits per heavy atom. The summed E-state index contributed by atoms with van der Waals surface area (Å²) in [5.41, 5.74) is 5.61. The van der Waals surface area contributed by atoms with Crippen molar-refractivity contribution in [3.8, 4) is 11.1 Å². The van der Waals surface area contributed by atoms with Crippen LogP contribution in [0.1, 0.15) is 41.9 Å². The van der Waals surface area contributed by atoms with Crippen LogP contribution < -0.4 is 15.5 Å². The molecule has 3 aromatic rings. The standard InChI is InChI=1S/C31H36N4O5/c36-30(37)28(11-5-6-14-32-19-22-12-13-29(33-20-22)35-15-17-39-18-16-35)34-31(38)40-21-27-25-9-3-1-7-23(25)24-8-2-4-10-26(24)27/h1-4,7-10,12-13,20,27-28,32H,5-6,11,14-19,21H2,(H,34,38)(H,36,37). The molecule has 3 N–H and O–H groups in total. The third-order valence-corrected chi connectivity index (χ3v) is 7.50. The molecule has 2 aliphatic rings. The first-order chi connectivity index (χ1) is 19.6. The van der Waals surface area contributed by atoms with Crippen molar-refractivity contribution >= 4 is 17.9 Å². The zero-order valence-corrected chi connectivity index (χ0v) is 22.6. The number of rotatable bonds is 12. The van der Waals surface area contributed by atoms with Gasteiger partial charge < -0.3 is 30.1 Å². The molecule has 0 spiro atoms. The Labute approximate surface area is 234 Å². The number of fused-ring (bicyclic) bond motifs is 3. The van der Waals surface area contributed by atoms with Crippen molar-refractivity contribution in [2.24, 2.45) is 0 Å². The molecule has 9 heteroatoms. The number of pyridine rings is 1. The minimum absolute atomic E-state index is 0.0710. The van der Waals surface area contributed by atoms with Gasteiger partial charge >= 0.3 is 12.1 Å². The van der Waals surface area contributed by atoms with E-state index in [4.69, 9.17) is 9.47 Å². The van der Waals surface area contributed by atoms with Gasteiger partial charge in [0.25, 0.3) is 0 Å². The SMILES string of the molecule is O=C(NC(CCCCNCc1ccc(N2CCOCC2)nc1)C(=O)O)OCC1c2ccccc2-c2ccccc21. The molecule has 210 valence electrons. The summed E-state index contributed by atoms with van der Waals surface area (Å²) in [6.07, 6.45) is 2.95. The molecule has 1 amide bonds. The van der Waals surface area contributed by atoms with Gasteiger partial charge in [-0.15, -0.1) is 0 Å². The van der Waals surface area contributed by atoms with Crippen molar-refractivity contribution in [1.29, 1.82) is 0 Å². The maximum Gasteiger partial charge on any atom is 0.407 e. The van der Waals surface area contributed by atoms with Crippen LogP contribution in [-0.4, -0.2) is 67.6 Å². The number of carbonyl (C=O) groups is 2. The van der Waals surface area contributed by atoms with Gasteiger partial charge in [-0.05, 0) is 59.7 Å². The molecule has 0 saturated carbocycles. The lowest BCUT2D eigenvalue weighted by Gasteiger charge is -2.27. The first-order valence-corrected chi connectivity index (χ1v) is 13.9. The molecule has 1 aliphatic carbocycles. The highest BCUT2D eigenvalue weighted by Gasteiger charge is 2.29. The van der Waals surface area contributed by atoms with Crippen LogP contribution in [0.4, 0.5) is 10.6 Å². The number of amides is 1. The van der Waals surface area contributed by atoms with E-state index in [1.54, 1.807) is 0 Å². The number of nitrogens with zero attached hydrogens (tertiary/aromatic N) is 2. The number of carboxylic acids is 1. The van der Waals surface area contributed by atoms with Gasteiger partial charge in [-0.1, -0.05) is 54.6 Å². The number of morpholine rings is 1. The number of benzene rings is 2. The van der Waals surface area contributed by atoms with Crippen LogP contribution in [0.15, 0.2) is 66.9 Å². The number of anilines is 1. The maximum atomic E-state index is 12.5. The smallest absolute Gasteiger partial charge is 0.407 e. The van der Waals surface area contributed by atoms with Crippen LogP contribution in [0, 0.1) is 0 Å². The lowest BCUT2D eigenvalue weighted by Crippen LogP contribution is -2.41. The van der Waals surface area contributed by atoms with Crippen LogP contribution in [0.2, 0.25) is 0 Å². The predicted octanol–water partition coefficient (Wildman–Crippen LogP) is 4.17. The molecule has 1 fully saturated rings. The van der Waals surface area contributed by atoms with Gasteiger partial charge in [-0.25, -0.2) is 14.6 Å². The second kappa shape index (κ2) is 13.4. The van der Waals surface area contributed by atoms with Crippen LogP contribution in [0.25, 0.3) is 11.1 Å². The second-order valence-electron chi connectivity index (χ2n) is 10.2. The molecule has 40 heavy (non-hydrogen) atoms. The number of hydrogen-bond donors (Lipinski definition) is 3. The Hall–Kier alpha value is -3.95. The van der Waals surface area contributed by atoms with Crippen molar-refractivity contribution in [2.75, 3.05) is 44.4 Å². The Morgan fingerprint density at radius 3 is 2.35 bits per heavy atom. The number of alkyl carbamates (subject to hydrolysis) is 1. The molecule has 0 radical (unpaired) electrons. The fraction of sp³-hybridized carbons (Fsp3) is 0.387. The molecule has 1 atom stereocenters. The van der Waals surface area contributed by atoms with Crippen molar-refractivity contribution in [1.82, 2.24) is 15.6 Å². The first-order valence-electron chi connectivity index (χ1n) is 13.9. The summed E-state index contributed by atoms with van der Waals surface area (Å²) in [5, 5.41) is 15.5. The van der Waals surface area contributed by atoms with E-state index in [1.165, 1.54) is 0 Å². The molecular formula is C31H36N4O5. The van der Waals surface area contributed by atoms with Crippen LogP contribution in [0.5, 0.6) is 0 Å². The van der Waals surface area contributed by atoms with E-state index in [2.05, 4.69) is 38.7 Å². The molecule has 2 aromatic carbocycles. The molecule has 1 saturated heterocycles. The Balaban J connectivity index is 1.02. The van der Waals surface area contributed by atoms with E-state index >= 15 is 0 Å². The normalized spacial score (nSPS) is 15.2. The predicted molar refractivity (Wildman–Crippen MR) is 152 cm³/mol. The summed E-state index contributed by atoms with van der Waals surface area (Å²) >= 11 is 0. The largest absolute Gasteiger partial charge is 0.480 e. The number of carboxylic acid groups (broad SMARTS) is 1. The number of nitrogens with one attached hydrogen (secondary N) is 2. The highest BCUT2D eigenvalue weighted by molar-refractivity contribution is 5.81. The number of carbonyl (C=O) groups excluding carboxylic acids is 1. The zero-order valence-electron chi connectivity index (χ0n) is 22.6. The average molecular weight is 545 g/mol. The first kappa shape index (κ1) is 27.6. The van der Waals surface area contributed by atoms with Gasteiger partial charge in [-0.3, -0.25) is 0 Å². The number of aliphatic carboxylic acids is 1. The molecule has 0 bridgehead atoms. The summed E-state index contributed by atoms with van der Waals surface area (Å²) in [6.45, 7) is 4.76. The van der Waals surface area contributed by atoms with E-state index < -0.39 is 18.1 Å². The molecule has 1 aromatic heterocycles. The van der Waals surface area contributed by atoms with Gasteiger partial charge in [0.15, 0.2) is 0 Å². The number of unbranched alkanes of at least 4 members (excludes halogenated alkanes) is 1. The van der Waals surface area contributed by atoms with E-state index in [-0.39, 0.29) is 12.5 Å². The van der Waals surface area contributed by atoms with Crippen molar-refractivity contribution in [2.45, 2.75) is 37.8 Å². The summed E-state index contributed by atoms with van der Waals surface area (Å²) in [4.78, 5) is 31.1. The minimum atomic E-state index is -1.06.